The molecule has 2 unspecified atom stereocenters. The highest BCUT2D eigenvalue weighted by Crippen LogP contribution is 2.20. The molecular weight excluding hydrogens is 354 g/mol. The quantitative estimate of drug-likeness (QED) is 0.761. The van der Waals surface area contributed by atoms with Crippen LogP contribution in [0.3, 0.4) is 0 Å². The summed E-state index contributed by atoms with van der Waals surface area (Å²) in [6, 6.07) is 7.91. The minimum atomic E-state index is -0.898. The number of likely N-dealkylation sites (tertiary alicyclic amines) is 1. The van der Waals surface area contributed by atoms with Crippen LogP contribution in [0.15, 0.2) is 24.3 Å². The van der Waals surface area contributed by atoms with Crippen LogP contribution >= 0.6 is 11.6 Å². The van der Waals surface area contributed by atoms with Crippen molar-refractivity contribution in [3.8, 4) is 0 Å². The van der Waals surface area contributed by atoms with E-state index in [0.29, 0.717) is 6.54 Å². The lowest BCUT2D eigenvalue weighted by Gasteiger charge is -2.36. The van der Waals surface area contributed by atoms with Gasteiger partial charge in [0.25, 0.3) is 0 Å². The molecule has 2 rings (SSSR count). The number of halogens is 1. The first-order valence-electron chi connectivity index (χ1n) is 9.07. The van der Waals surface area contributed by atoms with E-state index in [-0.39, 0.29) is 18.6 Å². The second-order valence-corrected chi connectivity index (χ2v) is 7.49. The van der Waals surface area contributed by atoms with E-state index in [1.165, 1.54) is 10.5 Å². The highest BCUT2D eigenvalue weighted by atomic mass is 35.5. The number of rotatable bonds is 7. The Kier molecular flexibility index (Phi) is 7.72. The second kappa shape index (κ2) is 9.78. The summed E-state index contributed by atoms with van der Waals surface area (Å²) in [5, 5.41) is 12.7. The fourth-order valence-corrected chi connectivity index (χ4v) is 3.49. The van der Waals surface area contributed by atoms with Gasteiger partial charge in [-0.15, -0.1) is 0 Å². The first-order chi connectivity index (χ1) is 12.4. The molecule has 0 spiro atoms. The van der Waals surface area contributed by atoms with Crippen LogP contribution in [0.4, 0.5) is 4.79 Å². The van der Waals surface area contributed by atoms with Gasteiger partial charge in [-0.05, 0) is 37.1 Å². The predicted molar refractivity (Wildman–Crippen MR) is 102 cm³/mol. The van der Waals surface area contributed by atoms with Gasteiger partial charge >= 0.3 is 12.0 Å². The zero-order valence-electron chi connectivity index (χ0n) is 15.4. The summed E-state index contributed by atoms with van der Waals surface area (Å²) in [4.78, 5) is 27.0. The zero-order valence-corrected chi connectivity index (χ0v) is 16.2. The molecule has 6 nitrogen and oxygen atoms in total. The Balaban J connectivity index is 1.87. The largest absolute Gasteiger partial charge is 0.481 e. The Morgan fingerprint density at radius 1 is 1.42 bits per heavy atom. The molecule has 1 aliphatic heterocycles. The van der Waals surface area contributed by atoms with Crippen molar-refractivity contribution in [2.24, 2.45) is 5.92 Å². The number of carboxylic acid groups (broad SMARTS) is 1. The van der Waals surface area contributed by atoms with Crippen LogP contribution in [0.5, 0.6) is 0 Å². The van der Waals surface area contributed by atoms with Crippen molar-refractivity contribution < 1.29 is 14.7 Å². The number of carboxylic acids is 1. The van der Waals surface area contributed by atoms with Crippen molar-refractivity contribution in [3.05, 3.63) is 34.9 Å². The molecule has 1 aliphatic rings. The van der Waals surface area contributed by atoms with Crippen molar-refractivity contribution >= 4 is 23.6 Å². The van der Waals surface area contributed by atoms with Gasteiger partial charge in [0.1, 0.15) is 0 Å². The zero-order chi connectivity index (χ0) is 19.1. The monoisotopic (exact) mass is 381 g/mol. The van der Waals surface area contributed by atoms with Crippen molar-refractivity contribution in [1.29, 1.82) is 0 Å². The maximum absolute atomic E-state index is 12.2. The maximum atomic E-state index is 12.2. The van der Waals surface area contributed by atoms with E-state index in [0.717, 1.165) is 37.4 Å². The summed E-state index contributed by atoms with van der Waals surface area (Å²) in [5.74, 6) is -1.48. The number of aliphatic carboxylic acids is 1. The van der Waals surface area contributed by atoms with Crippen molar-refractivity contribution in [2.75, 3.05) is 26.7 Å². The number of amides is 2. The van der Waals surface area contributed by atoms with Gasteiger partial charge < -0.3 is 15.3 Å². The summed E-state index contributed by atoms with van der Waals surface area (Å²) in [6.45, 7) is 4.16. The number of carbonyl (C=O) groups excluding carboxylic acids is 1. The van der Waals surface area contributed by atoms with E-state index in [4.69, 9.17) is 16.7 Å². The summed E-state index contributed by atoms with van der Waals surface area (Å²) in [6.07, 6.45) is 3.34. The fraction of sp³-hybridized carbons (Fsp3) is 0.579. The van der Waals surface area contributed by atoms with E-state index >= 15 is 0 Å². The number of urea groups is 1. The Morgan fingerprint density at radius 3 is 2.88 bits per heavy atom. The van der Waals surface area contributed by atoms with Gasteiger partial charge in [-0.3, -0.25) is 9.69 Å². The number of piperidine rings is 1. The van der Waals surface area contributed by atoms with Crippen molar-refractivity contribution in [2.45, 2.75) is 38.8 Å². The Morgan fingerprint density at radius 2 is 2.19 bits per heavy atom. The number of hydrogen-bond donors (Lipinski definition) is 2. The lowest BCUT2D eigenvalue weighted by molar-refractivity contribution is -0.141. The molecule has 26 heavy (non-hydrogen) atoms. The molecule has 1 aromatic rings. The van der Waals surface area contributed by atoms with Gasteiger partial charge in [-0.25, -0.2) is 4.79 Å². The van der Waals surface area contributed by atoms with Gasteiger partial charge in [0, 0.05) is 37.7 Å². The fourth-order valence-electron chi connectivity index (χ4n) is 3.28. The van der Waals surface area contributed by atoms with Crippen LogP contribution in [0.1, 0.15) is 31.7 Å². The van der Waals surface area contributed by atoms with Crippen LogP contribution in [0.2, 0.25) is 5.02 Å². The van der Waals surface area contributed by atoms with Crippen molar-refractivity contribution in [3.63, 3.8) is 0 Å². The van der Waals surface area contributed by atoms with Crippen LogP contribution in [-0.2, 0) is 11.3 Å². The molecule has 144 valence electrons. The molecule has 7 heteroatoms. The second-order valence-electron chi connectivity index (χ2n) is 7.06. The molecule has 1 saturated heterocycles. The molecule has 1 heterocycles. The third-order valence-corrected chi connectivity index (χ3v) is 5.06. The topological polar surface area (TPSA) is 72.9 Å². The first kappa shape index (κ1) is 20.5. The third kappa shape index (κ3) is 6.18. The highest BCUT2D eigenvalue weighted by molar-refractivity contribution is 6.30. The van der Waals surface area contributed by atoms with E-state index in [1.54, 1.807) is 14.0 Å². The molecule has 2 N–H and O–H groups in total. The van der Waals surface area contributed by atoms with Crippen LogP contribution in [-0.4, -0.2) is 59.6 Å². The van der Waals surface area contributed by atoms with Gasteiger partial charge in [-0.2, -0.15) is 0 Å². The normalized spacial score (nSPS) is 19.0. The molecule has 0 radical (unpaired) electrons. The number of hydrogen-bond acceptors (Lipinski definition) is 3. The van der Waals surface area contributed by atoms with Gasteiger partial charge in [0.2, 0.25) is 0 Å². The standard InChI is InChI=1S/C19H28ClN3O3/c1-14(18(24)25)12-22(2)19(26)21-11-17-8-3-4-9-23(17)13-15-6-5-7-16(20)10-15/h5-7,10,14,17H,3-4,8-9,11-13H2,1-2H3,(H,21,26)(H,24,25). The first-order valence-corrected chi connectivity index (χ1v) is 9.45. The Labute approximate surface area is 160 Å². The van der Waals surface area contributed by atoms with Crippen molar-refractivity contribution in [1.82, 2.24) is 15.1 Å². The lowest BCUT2D eigenvalue weighted by atomic mass is 10.0. The van der Waals surface area contributed by atoms with Gasteiger partial charge in [0.05, 0.1) is 5.92 Å². The van der Waals surface area contributed by atoms with Gasteiger partial charge in [-0.1, -0.05) is 37.1 Å². The molecule has 2 atom stereocenters. The number of nitrogens with zero attached hydrogens (tertiary/aromatic N) is 2. The summed E-state index contributed by atoms with van der Waals surface area (Å²) < 4.78 is 0. The molecule has 0 bridgehead atoms. The average molecular weight is 382 g/mol. The number of carbonyl (C=O) groups is 2. The van der Waals surface area contributed by atoms with Crippen LogP contribution in [0.25, 0.3) is 0 Å². The Hall–Kier alpha value is -1.79. The minimum absolute atomic E-state index is 0.193. The smallest absolute Gasteiger partial charge is 0.317 e. The summed E-state index contributed by atoms with van der Waals surface area (Å²) in [7, 11) is 1.62. The summed E-state index contributed by atoms with van der Waals surface area (Å²) in [5.41, 5.74) is 1.17. The predicted octanol–water partition coefficient (Wildman–Crippen LogP) is 3.06. The minimum Gasteiger partial charge on any atom is -0.481 e. The summed E-state index contributed by atoms with van der Waals surface area (Å²) >= 11 is 6.08. The van der Waals surface area contributed by atoms with Crippen LogP contribution < -0.4 is 5.32 Å². The maximum Gasteiger partial charge on any atom is 0.317 e. The average Bonchev–Trinajstić information content (AvgIpc) is 2.60. The lowest BCUT2D eigenvalue weighted by Crippen LogP contribution is -2.49. The van der Waals surface area contributed by atoms with E-state index in [2.05, 4.69) is 16.3 Å². The molecule has 0 aliphatic carbocycles. The number of benzene rings is 1. The molecule has 0 saturated carbocycles. The SMILES string of the molecule is CC(CN(C)C(=O)NCC1CCCCN1Cc1cccc(Cl)c1)C(=O)O. The molecule has 1 aromatic carbocycles. The molecular formula is C19H28ClN3O3. The number of nitrogens with one attached hydrogen (secondary N) is 1. The van der Waals surface area contributed by atoms with E-state index in [9.17, 15) is 9.59 Å². The van der Waals surface area contributed by atoms with Gasteiger partial charge in [0.15, 0.2) is 0 Å². The van der Waals surface area contributed by atoms with Crippen LogP contribution in [0, 0.1) is 5.92 Å². The highest BCUT2D eigenvalue weighted by Gasteiger charge is 2.24. The van der Waals surface area contributed by atoms with E-state index in [1.807, 2.05) is 18.2 Å². The van der Waals surface area contributed by atoms with E-state index < -0.39 is 11.9 Å². The Bertz CT molecular complexity index is 626. The molecule has 1 fully saturated rings. The molecule has 0 aromatic heterocycles. The third-order valence-electron chi connectivity index (χ3n) is 4.83. The molecule has 2 amide bonds.